The van der Waals surface area contributed by atoms with Crippen LogP contribution in [-0.2, 0) is 16.4 Å². The van der Waals surface area contributed by atoms with E-state index in [0.29, 0.717) is 23.8 Å². The van der Waals surface area contributed by atoms with Crippen molar-refractivity contribution in [1.82, 2.24) is 4.98 Å². The first-order valence-electron chi connectivity index (χ1n) is 5.91. The minimum Gasteiger partial charge on any atom is -0.249 e. The topological polar surface area (TPSA) is 50.3 Å². The van der Waals surface area contributed by atoms with Gasteiger partial charge >= 0.3 is 0 Å². The van der Waals surface area contributed by atoms with Crippen LogP contribution in [0.25, 0.3) is 0 Å². The first-order chi connectivity index (χ1) is 9.48. The van der Waals surface area contributed by atoms with Gasteiger partial charge in [0.2, 0.25) is 0 Å². The smallest absolute Gasteiger partial charge is 0.249 e. The fourth-order valence-corrected chi connectivity index (χ4v) is 4.14. The second-order valence-corrected chi connectivity index (χ2v) is 7.63. The quantitative estimate of drug-likeness (QED) is 0.812. The lowest BCUT2D eigenvalue weighted by Gasteiger charge is -2.18. The van der Waals surface area contributed by atoms with Gasteiger partial charge in [-0.1, -0.05) is 11.6 Å². The van der Waals surface area contributed by atoms with Crippen LogP contribution in [0.3, 0.4) is 0 Å². The highest BCUT2D eigenvalue weighted by Crippen LogP contribution is 2.32. The molecule has 7 heteroatoms. The van der Waals surface area contributed by atoms with Crippen molar-refractivity contribution in [3.05, 3.63) is 51.6 Å². The van der Waals surface area contributed by atoms with Crippen LogP contribution >= 0.6 is 27.5 Å². The Labute approximate surface area is 130 Å². The van der Waals surface area contributed by atoms with Gasteiger partial charge in [-0.2, -0.15) is 0 Å². The molecule has 0 bridgehead atoms. The van der Waals surface area contributed by atoms with Crippen molar-refractivity contribution in [2.75, 3.05) is 10.8 Å². The van der Waals surface area contributed by atoms with Crippen molar-refractivity contribution >= 4 is 43.4 Å². The van der Waals surface area contributed by atoms with Gasteiger partial charge in [0.15, 0.2) is 0 Å². The molecule has 0 N–H and O–H groups in total. The number of pyridine rings is 1. The monoisotopic (exact) mass is 372 g/mol. The molecule has 0 radical (unpaired) electrons. The first-order valence-corrected chi connectivity index (χ1v) is 8.52. The number of halogens is 2. The Kier molecular flexibility index (Phi) is 3.48. The molecular weight excluding hydrogens is 364 g/mol. The van der Waals surface area contributed by atoms with Crippen molar-refractivity contribution in [3.63, 3.8) is 0 Å². The lowest BCUT2D eigenvalue weighted by Crippen LogP contribution is -2.29. The molecule has 1 aromatic heterocycles. The zero-order valence-corrected chi connectivity index (χ0v) is 13.4. The van der Waals surface area contributed by atoms with Gasteiger partial charge in [-0.15, -0.1) is 0 Å². The van der Waals surface area contributed by atoms with E-state index in [0.717, 1.165) is 10.0 Å². The minimum atomic E-state index is -3.58. The van der Waals surface area contributed by atoms with Crippen LogP contribution in [0, 0.1) is 0 Å². The molecule has 1 aromatic carbocycles. The molecule has 104 valence electrons. The summed E-state index contributed by atoms with van der Waals surface area (Å²) in [6.45, 7) is 0.406. The van der Waals surface area contributed by atoms with Gasteiger partial charge in [0.25, 0.3) is 10.0 Å². The normalized spacial score (nSPS) is 14.4. The predicted molar refractivity (Wildman–Crippen MR) is 81.6 cm³/mol. The van der Waals surface area contributed by atoms with Crippen molar-refractivity contribution < 1.29 is 8.42 Å². The average Bonchev–Trinajstić information content (AvgIpc) is 2.82. The lowest BCUT2D eigenvalue weighted by molar-refractivity contribution is 0.592. The van der Waals surface area contributed by atoms with Gasteiger partial charge in [0.1, 0.15) is 5.82 Å². The first kappa shape index (κ1) is 13.9. The molecule has 3 rings (SSSR count). The second-order valence-electron chi connectivity index (χ2n) is 4.42. The van der Waals surface area contributed by atoms with Crippen molar-refractivity contribution in [1.29, 1.82) is 0 Å². The number of hydrogen-bond acceptors (Lipinski definition) is 3. The summed E-state index contributed by atoms with van der Waals surface area (Å²) in [5.41, 5.74) is 0.928. The van der Waals surface area contributed by atoms with Gasteiger partial charge < -0.3 is 0 Å². The molecule has 20 heavy (non-hydrogen) atoms. The van der Waals surface area contributed by atoms with Crippen LogP contribution in [0.5, 0.6) is 0 Å². The highest BCUT2D eigenvalue weighted by atomic mass is 79.9. The van der Waals surface area contributed by atoms with E-state index < -0.39 is 10.0 Å². The summed E-state index contributed by atoms with van der Waals surface area (Å²) in [6, 6.07) is 8.06. The fraction of sp³-hybridized carbons (Fsp3) is 0.154. The molecule has 0 saturated heterocycles. The largest absolute Gasteiger partial charge is 0.265 e. The van der Waals surface area contributed by atoms with Gasteiger partial charge in [-0.3, -0.25) is 0 Å². The summed E-state index contributed by atoms with van der Waals surface area (Å²) in [6.07, 6.45) is 2.27. The van der Waals surface area contributed by atoms with E-state index in [-0.39, 0.29) is 4.90 Å². The summed E-state index contributed by atoms with van der Waals surface area (Å²) in [4.78, 5) is 4.45. The standard InChI is InChI=1S/C13H10BrClN2O2S/c14-10-7-9-5-6-17(13(9)16-8-10)20(18,19)12-3-1-11(15)2-4-12/h1-4,7-8H,5-6H2. The SMILES string of the molecule is O=S(=O)(c1ccc(Cl)cc1)N1CCc2cc(Br)cnc21. The minimum absolute atomic E-state index is 0.222. The highest BCUT2D eigenvalue weighted by molar-refractivity contribution is 9.10. The molecule has 0 amide bonds. The summed E-state index contributed by atoms with van der Waals surface area (Å²) < 4.78 is 27.4. The Hall–Kier alpha value is -1.11. The third-order valence-corrected chi connectivity index (χ3v) is 5.62. The number of anilines is 1. The lowest BCUT2D eigenvalue weighted by atomic mass is 10.2. The molecule has 0 saturated carbocycles. The molecule has 0 atom stereocenters. The Morgan fingerprint density at radius 2 is 1.95 bits per heavy atom. The Morgan fingerprint density at radius 1 is 1.25 bits per heavy atom. The molecule has 0 fully saturated rings. The molecule has 0 spiro atoms. The fourth-order valence-electron chi connectivity index (χ4n) is 2.18. The van der Waals surface area contributed by atoms with Crippen LogP contribution in [-0.4, -0.2) is 19.9 Å². The third kappa shape index (κ3) is 2.32. The van der Waals surface area contributed by atoms with E-state index in [2.05, 4.69) is 20.9 Å². The third-order valence-electron chi connectivity index (χ3n) is 3.13. The summed E-state index contributed by atoms with van der Waals surface area (Å²) in [5.74, 6) is 0.503. The summed E-state index contributed by atoms with van der Waals surface area (Å²) >= 11 is 9.14. The summed E-state index contributed by atoms with van der Waals surface area (Å²) in [7, 11) is -3.58. The van der Waals surface area contributed by atoms with Crippen molar-refractivity contribution in [2.45, 2.75) is 11.3 Å². The van der Waals surface area contributed by atoms with Crippen LogP contribution in [0.1, 0.15) is 5.56 Å². The van der Waals surface area contributed by atoms with Gasteiger partial charge in [-0.05, 0) is 58.2 Å². The molecule has 2 aromatic rings. The average molecular weight is 374 g/mol. The number of nitrogens with zero attached hydrogens (tertiary/aromatic N) is 2. The maximum atomic E-state index is 12.6. The number of aromatic nitrogens is 1. The van der Waals surface area contributed by atoms with E-state index in [1.165, 1.54) is 16.4 Å². The molecule has 0 unspecified atom stereocenters. The Bertz CT molecular complexity index is 762. The van der Waals surface area contributed by atoms with E-state index in [9.17, 15) is 8.42 Å². The predicted octanol–water partition coefficient (Wildman–Crippen LogP) is 3.25. The molecular formula is C13H10BrClN2O2S. The van der Waals surface area contributed by atoms with Gasteiger partial charge in [0.05, 0.1) is 4.90 Å². The molecule has 2 heterocycles. The van der Waals surface area contributed by atoms with E-state index in [1.807, 2.05) is 6.07 Å². The Morgan fingerprint density at radius 3 is 2.65 bits per heavy atom. The van der Waals surface area contributed by atoms with E-state index >= 15 is 0 Å². The van der Waals surface area contributed by atoms with Crippen LogP contribution in [0.2, 0.25) is 5.02 Å². The van der Waals surface area contributed by atoms with Gasteiger partial charge in [-0.25, -0.2) is 17.7 Å². The second kappa shape index (κ2) is 5.02. The van der Waals surface area contributed by atoms with Crippen LogP contribution in [0.4, 0.5) is 5.82 Å². The Balaban J connectivity index is 2.05. The maximum absolute atomic E-state index is 12.6. The number of benzene rings is 1. The molecule has 1 aliphatic rings. The molecule has 1 aliphatic heterocycles. The summed E-state index contributed by atoms with van der Waals surface area (Å²) in [5, 5.41) is 0.507. The number of fused-ring (bicyclic) bond motifs is 1. The van der Waals surface area contributed by atoms with Crippen LogP contribution < -0.4 is 4.31 Å². The molecule has 0 aliphatic carbocycles. The number of rotatable bonds is 2. The van der Waals surface area contributed by atoms with Crippen molar-refractivity contribution in [2.24, 2.45) is 0 Å². The number of hydrogen-bond donors (Lipinski definition) is 0. The van der Waals surface area contributed by atoms with Crippen molar-refractivity contribution in [3.8, 4) is 0 Å². The van der Waals surface area contributed by atoms with Crippen LogP contribution in [0.15, 0.2) is 45.9 Å². The zero-order chi connectivity index (χ0) is 14.3. The van der Waals surface area contributed by atoms with Gasteiger partial charge in [0, 0.05) is 22.2 Å². The molecule has 4 nitrogen and oxygen atoms in total. The zero-order valence-electron chi connectivity index (χ0n) is 10.3. The maximum Gasteiger partial charge on any atom is 0.265 e. The van der Waals surface area contributed by atoms with E-state index in [1.54, 1.807) is 18.3 Å². The number of sulfonamides is 1. The highest BCUT2D eigenvalue weighted by Gasteiger charge is 2.32. The van der Waals surface area contributed by atoms with E-state index in [4.69, 9.17) is 11.6 Å².